The molecule has 0 unspecified atom stereocenters. The summed E-state index contributed by atoms with van der Waals surface area (Å²) in [4.78, 5) is 37.3. The number of terminal acetylenes is 1. The molecule has 1 aromatic carbocycles. The highest BCUT2D eigenvalue weighted by molar-refractivity contribution is 6.00. The highest BCUT2D eigenvalue weighted by atomic mass is 16.2. The highest BCUT2D eigenvalue weighted by Gasteiger charge is 2.38. The number of benzene rings is 1. The van der Waals surface area contributed by atoms with Crippen LogP contribution in [0.4, 0.5) is 5.69 Å². The Morgan fingerprint density at radius 2 is 2.04 bits per heavy atom. The molecule has 2 N–H and O–H groups in total. The van der Waals surface area contributed by atoms with Crippen molar-refractivity contribution < 1.29 is 14.4 Å². The van der Waals surface area contributed by atoms with Gasteiger partial charge in [-0.15, -0.1) is 12.3 Å². The second kappa shape index (κ2) is 8.21. The van der Waals surface area contributed by atoms with Crippen LogP contribution in [0.15, 0.2) is 28.4 Å². The van der Waals surface area contributed by atoms with Crippen LogP contribution in [-0.4, -0.2) is 43.0 Å². The van der Waals surface area contributed by atoms with Gasteiger partial charge in [0.2, 0.25) is 11.8 Å². The van der Waals surface area contributed by atoms with Crippen LogP contribution in [-0.2, 0) is 16.0 Å². The number of carbonyl (C=O) groups is 3. The Morgan fingerprint density at radius 3 is 2.71 bits per heavy atom. The van der Waals surface area contributed by atoms with Crippen LogP contribution < -0.4 is 15.5 Å². The third-order valence-corrected chi connectivity index (χ3v) is 4.89. The Labute approximate surface area is 163 Å². The maximum Gasteiger partial charge on any atom is 0.251 e. The summed E-state index contributed by atoms with van der Waals surface area (Å²) in [7, 11) is 0. The van der Waals surface area contributed by atoms with Gasteiger partial charge in [0.25, 0.3) is 5.91 Å². The summed E-state index contributed by atoms with van der Waals surface area (Å²) >= 11 is 0. The second-order valence-electron chi connectivity index (χ2n) is 6.94. The molecule has 0 saturated heterocycles. The SMILES string of the molecule is C#CCCC1(CCNC(=O)c2ccc3c(c2)CCN3C(=O)CNC(C)=O)N=N1. The normalized spacial score (nSPS) is 15.5. The first-order valence-electron chi connectivity index (χ1n) is 9.27. The lowest BCUT2D eigenvalue weighted by molar-refractivity contribution is -0.123. The topological polar surface area (TPSA) is 103 Å². The molecule has 0 radical (unpaired) electrons. The standard InChI is InChI=1S/C20H23N5O3/c1-3-4-8-20(23-24-20)9-10-21-19(28)16-5-6-17-15(12-16)7-11-25(17)18(27)13-22-14(2)26/h1,5-6,12H,4,7-11,13H2,2H3,(H,21,28)(H,22,26). The minimum absolute atomic E-state index is 0.0332. The Kier molecular flexibility index (Phi) is 5.73. The van der Waals surface area contributed by atoms with E-state index in [4.69, 9.17) is 6.42 Å². The zero-order valence-corrected chi connectivity index (χ0v) is 15.8. The van der Waals surface area contributed by atoms with Crippen LogP contribution in [0.5, 0.6) is 0 Å². The van der Waals surface area contributed by atoms with Crippen molar-refractivity contribution in [1.29, 1.82) is 0 Å². The summed E-state index contributed by atoms with van der Waals surface area (Å²) in [6, 6.07) is 5.30. The van der Waals surface area contributed by atoms with Crippen molar-refractivity contribution >= 4 is 23.4 Å². The van der Waals surface area contributed by atoms with Crippen LogP contribution in [0, 0.1) is 12.3 Å². The summed E-state index contributed by atoms with van der Waals surface area (Å²) < 4.78 is 0. The third-order valence-electron chi connectivity index (χ3n) is 4.89. The predicted molar refractivity (Wildman–Crippen MR) is 104 cm³/mol. The van der Waals surface area contributed by atoms with Gasteiger partial charge in [0.15, 0.2) is 5.66 Å². The molecule has 3 amide bonds. The van der Waals surface area contributed by atoms with E-state index in [0.29, 0.717) is 44.3 Å². The van der Waals surface area contributed by atoms with Gasteiger partial charge in [0.1, 0.15) is 0 Å². The summed E-state index contributed by atoms with van der Waals surface area (Å²) in [5, 5.41) is 13.5. The summed E-state index contributed by atoms with van der Waals surface area (Å²) in [6.45, 7) is 2.35. The fourth-order valence-electron chi connectivity index (χ4n) is 3.24. The molecule has 146 valence electrons. The molecule has 0 atom stereocenters. The van der Waals surface area contributed by atoms with Crippen LogP contribution in [0.2, 0.25) is 0 Å². The molecule has 28 heavy (non-hydrogen) atoms. The van der Waals surface area contributed by atoms with Crippen molar-refractivity contribution in [1.82, 2.24) is 10.6 Å². The number of rotatable bonds is 8. The van der Waals surface area contributed by atoms with Crippen LogP contribution in [0.1, 0.15) is 42.1 Å². The first-order valence-corrected chi connectivity index (χ1v) is 9.27. The molecule has 2 aliphatic rings. The van der Waals surface area contributed by atoms with Gasteiger partial charge in [0.05, 0.1) is 6.54 Å². The van der Waals surface area contributed by atoms with E-state index in [1.165, 1.54) is 6.92 Å². The largest absolute Gasteiger partial charge is 0.352 e. The quantitative estimate of drug-likeness (QED) is 0.665. The fourth-order valence-corrected chi connectivity index (χ4v) is 3.24. The average Bonchev–Trinajstić information content (AvgIpc) is 3.32. The van der Waals surface area contributed by atoms with Crippen LogP contribution in [0.25, 0.3) is 0 Å². The number of fused-ring (bicyclic) bond motifs is 1. The van der Waals surface area contributed by atoms with Gasteiger partial charge in [-0.2, -0.15) is 10.2 Å². The van der Waals surface area contributed by atoms with Gasteiger partial charge in [-0.25, -0.2) is 0 Å². The lowest BCUT2D eigenvalue weighted by Crippen LogP contribution is -2.38. The highest BCUT2D eigenvalue weighted by Crippen LogP contribution is 2.36. The molecule has 2 aliphatic heterocycles. The van der Waals surface area contributed by atoms with Gasteiger partial charge >= 0.3 is 0 Å². The summed E-state index contributed by atoms with van der Waals surface area (Å²) in [5.74, 6) is 2.00. The minimum atomic E-state index is -0.410. The van der Waals surface area contributed by atoms with Gasteiger partial charge in [0, 0.05) is 50.5 Å². The van der Waals surface area contributed by atoms with Crippen molar-refractivity contribution in [3.8, 4) is 12.3 Å². The molecule has 3 rings (SSSR count). The molecule has 8 nitrogen and oxygen atoms in total. The van der Waals surface area contributed by atoms with Crippen molar-refractivity contribution in [3.63, 3.8) is 0 Å². The molecule has 1 aromatic rings. The van der Waals surface area contributed by atoms with Crippen LogP contribution in [0.3, 0.4) is 0 Å². The zero-order valence-electron chi connectivity index (χ0n) is 15.8. The van der Waals surface area contributed by atoms with E-state index in [0.717, 1.165) is 11.3 Å². The zero-order chi connectivity index (χ0) is 20.1. The van der Waals surface area contributed by atoms with Gasteiger partial charge in [-0.3, -0.25) is 14.4 Å². The monoisotopic (exact) mass is 381 g/mol. The Hall–Kier alpha value is -3.21. The number of nitrogens with zero attached hydrogens (tertiary/aromatic N) is 3. The smallest absolute Gasteiger partial charge is 0.251 e. The van der Waals surface area contributed by atoms with E-state index >= 15 is 0 Å². The number of amides is 3. The van der Waals surface area contributed by atoms with Crippen LogP contribution >= 0.6 is 0 Å². The van der Waals surface area contributed by atoms with Crippen molar-refractivity contribution in [2.24, 2.45) is 10.2 Å². The maximum absolute atomic E-state index is 12.4. The molecule has 0 saturated carbocycles. The fraction of sp³-hybridized carbons (Fsp3) is 0.450. The second-order valence-corrected chi connectivity index (χ2v) is 6.94. The van der Waals surface area contributed by atoms with Crippen molar-refractivity contribution in [2.75, 3.05) is 24.5 Å². The first kappa shape index (κ1) is 19.5. The molecule has 8 heteroatoms. The molecule has 0 fully saturated rings. The van der Waals surface area contributed by atoms with E-state index in [1.54, 1.807) is 17.0 Å². The number of hydrogen-bond donors (Lipinski definition) is 2. The number of carbonyl (C=O) groups excluding carboxylic acids is 3. The van der Waals surface area contributed by atoms with E-state index in [2.05, 4.69) is 26.8 Å². The average molecular weight is 381 g/mol. The molecule has 2 heterocycles. The first-order chi connectivity index (χ1) is 13.4. The van der Waals surface area contributed by atoms with Crippen molar-refractivity contribution in [2.45, 2.75) is 38.3 Å². The lowest BCUT2D eigenvalue weighted by atomic mass is 10.0. The Balaban J connectivity index is 1.54. The molecular weight excluding hydrogens is 358 g/mol. The van der Waals surface area contributed by atoms with Gasteiger partial charge < -0.3 is 15.5 Å². The Bertz CT molecular complexity index is 865. The maximum atomic E-state index is 12.4. The lowest BCUT2D eigenvalue weighted by Gasteiger charge is -2.17. The minimum Gasteiger partial charge on any atom is -0.352 e. The third kappa shape index (κ3) is 4.55. The van der Waals surface area contributed by atoms with E-state index in [1.807, 2.05) is 6.07 Å². The number of hydrogen-bond acceptors (Lipinski definition) is 5. The molecular formula is C20H23N5O3. The van der Waals surface area contributed by atoms with E-state index in [9.17, 15) is 14.4 Å². The van der Waals surface area contributed by atoms with Gasteiger partial charge in [-0.05, 0) is 30.2 Å². The molecule has 0 aliphatic carbocycles. The van der Waals surface area contributed by atoms with E-state index in [-0.39, 0.29) is 24.3 Å². The van der Waals surface area contributed by atoms with Gasteiger partial charge in [-0.1, -0.05) is 0 Å². The van der Waals surface area contributed by atoms with E-state index < -0.39 is 5.66 Å². The predicted octanol–water partition coefficient (Wildman–Crippen LogP) is 1.41. The molecule has 0 spiro atoms. The Morgan fingerprint density at radius 1 is 1.25 bits per heavy atom. The molecule has 0 bridgehead atoms. The summed E-state index contributed by atoms with van der Waals surface area (Å²) in [6.07, 6.45) is 7.91. The summed E-state index contributed by atoms with van der Waals surface area (Å²) in [5.41, 5.74) is 1.88. The molecule has 0 aromatic heterocycles. The van der Waals surface area contributed by atoms with Crippen molar-refractivity contribution in [3.05, 3.63) is 29.3 Å². The number of nitrogens with one attached hydrogen (secondary N) is 2. The number of anilines is 1.